The molecule has 2 aromatic carbocycles. The molecule has 1 aliphatic rings. The Morgan fingerprint density at radius 2 is 1.91 bits per heavy atom. The number of nitrogens with two attached hydrogens (primary N) is 1. The molecule has 4 nitrogen and oxygen atoms in total. The number of anilines is 1. The molecule has 23 heavy (non-hydrogen) atoms. The molecule has 0 bridgehead atoms. The van der Waals surface area contributed by atoms with Gasteiger partial charge in [-0.15, -0.1) is 0 Å². The van der Waals surface area contributed by atoms with Crippen molar-refractivity contribution >= 4 is 34.8 Å². The van der Waals surface area contributed by atoms with Gasteiger partial charge in [-0.05, 0) is 41.8 Å². The van der Waals surface area contributed by atoms with Crippen LogP contribution in [0.3, 0.4) is 0 Å². The molecule has 1 aliphatic heterocycles. The van der Waals surface area contributed by atoms with E-state index in [2.05, 4.69) is 0 Å². The number of hydrogen-bond acceptors (Lipinski definition) is 3. The number of hydrogen-bond donors (Lipinski definition) is 1. The zero-order valence-electron chi connectivity index (χ0n) is 12.6. The van der Waals surface area contributed by atoms with Crippen LogP contribution in [0.2, 0.25) is 10.0 Å². The fraction of sp³-hybridized carbons (Fsp3) is 0.235. The van der Waals surface area contributed by atoms with E-state index in [0.29, 0.717) is 40.1 Å². The van der Waals surface area contributed by atoms with Gasteiger partial charge in [-0.2, -0.15) is 0 Å². The zero-order chi connectivity index (χ0) is 16.6. The molecular formula is C17H16Cl2N2O2. The minimum Gasteiger partial charge on any atom is -0.494 e. The van der Waals surface area contributed by atoms with E-state index in [-0.39, 0.29) is 5.91 Å². The monoisotopic (exact) mass is 350 g/mol. The van der Waals surface area contributed by atoms with Gasteiger partial charge < -0.3 is 15.4 Å². The van der Waals surface area contributed by atoms with Crippen molar-refractivity contribution in [1.29, 1.82) is 0 Å². The van der Waals surface area contributed by atoms with Crippen molar-refractivity contribution in [3.8, 4) is 5.75 Å². The maximum absolute atomic E-state index is 12.9. The molecule has 6 heteroatoms. The second-order valence-corrected chi connectivity index (χ2v) is 6.26. The highest BCUT2D eigenvalue weighted by atomic mass is 35.5. The minimum atomic E-state index is -0.192. The fourth-order valence-electron chi connectivity index (χ4n) is 2.84. The number of halogens is 2. The van der Waals surface area contributed by atoms with Gasteiger partial charge in [0.25, 0.3) is 5.91 Å². The molecule has 2 N–H and O–H groups in total. The van der Waals surface area contributed by atoms with Crippen LogP contribution >= 0.6 is 23.2 Å². The summed E-state index contributed by atoms with van der Waals surface area (Å²) < 4.78 is 5.27. The Morgan fingerprint density at radius 3 is 2.65 bits per heavy atom. The highest BCUT2D eigenvalue weighted by Gasteiger charge is 2.27. The molecule has 0 saturated heterocycles. The van der Waals surface area contributed by atoms with Gasteiger partial charge in [0.15, 0.2) is 5.75 Å². The number of rotatable bonds is 2. The zero-order valence-corrected chi connectivity index (χ0v) is 14.1. The van der Waals surface area contributed by atoms with Crippen molar-refractivity contribution in [3.05, 3.63) is 57.1 Å². The first-order chi connectivity index (χ1) is 11.0. The molecule has 0 saturated carbocycles. The van der Waals surface area contributed by atoms with Gasteiger partial charge in [0.2, 0.25) is 0 Å². The smallest absolute Gasteiger partial charge is 0.259 e. The van der Waals surface area contributed by atoms with Crippen molar-refractivity contribution < 1.29 is 9.53 Å². The highest BCUT2D eigenvalue weighted by Crippen LogP contribution is 2.35. The van der Waals surface area contributed by atoms with Crippen molar-refractivity contribution in [1.82, 2.24) is 4.90 Å². The summed E-state index contributed by atoms with van der Waals surface area (Å²) in [4.78, 5) is 14.7. The van der Waals surface area contributed by atoms with E-state index in [4.69, 9.17) is 33.7 Å². The number of amides is 1. The van der Waals surface area contributed by atoms with Crippen molar-refractivity contribution in [3.63, 3.8) is 0 Å². The lowest BCUT2D eigenvalue weighted by Crippen LogP contribution is -2.36. The van der Waals surface area contributed by atoms with E-state index in [9.17, 15) is 4.79 Å². The van der Waals surface area contributed by atoms with E-state index < -0.39 is 0 Å². The van der Waals surface area contributed by atoms with E-state index >= 15 is 0 Å². The molecule has 3 rings (SSSR count). The third-order valence-electron chi connectivity index (χ3n) is 4.01. The molecule has 120 valence electrons. The second kappa shape index (κ2) is 6.30. The number of carbonyl (C=O) groups is 1. The van der Waals surface area contributed by atoms with Crippen molar-refractivity contribution in [2.45, 2.75) is 13.0 Å². The molecule has 0 unspecified atom stereocenters. The summed E-state index contributed by atoms with van der Waals surface area (Å²) in [5.74, 6) is 0.116. The van der Waals surface area contributed by atoms with Crippen molar-refractivity contribution in [2.75, 3.05) is 19.4 Å². The van der Waals surface area contributed by atoms with Crippen LogP contribution in [0.15, 0.2) is 30.3 Å². The topological polar surface area (TPSA) is 55.6 Å². The van der Waals surface area contributed by atoms with Crippen molar-refractivity contribution in [2.24, 2.45) is 0 Å². The Balaban J connectivity index is 1.95. The number of carbonyl (C=O) groups excluding carboxylic acids is 1. The highest BCUT2D eigenvalue weighted by molar-refractivity contribution is 6.37. The molecular weight excluding hydrogens is 335 g/mol. The second-order valence-electron chi connectivity index (χ2n) is 5.44. The number of nitrogen functional groups attached to an aromatic ring is 1. The van der Waals surface area contributed by atoms with Crippen LogP contribution in [0.25, 0.3) is 0 Å². The fourth-order valence-corrected chi connectivity index (χ4v) is 3.30. The van der Waals surface area contributed by atoms with Gasteiger partial charge in [0, 0.05) is 18.8 Å². The first kappa shape index (κ1) is 16.0. The number of benzene rings is 2. The Morgan fingerprint density at radius 1 is 1.17 bits per heavy atom. The molecule has 0 atom stereocenters. The quantitative estimate of drug-likeness (QED) is 0.838. The van der Waals surface area contributed by atoms with Gasteiger partial charge in [-0.25, -0.2) is 0 Å². The Labute approximate surface area is 144 Å². The molecule has 0 aliphatic carbocycles. The summed E-state index contributed by atoms with van der Waals surface area (Å²) in [5.41, 5.74) is 9.11. The normalized spacial score (nSPS) is 13.6. The maximum atomic E-state index is 12.9. The molecule has 1 heterocycles. The predicted molar refractivity (Wildman–Crippen MR) is 92.3 cm³/mol. The molecule has 0 radical (unpaired) electrons. The third kappa shape index (κ3) is 2.96. The van der Waals surface area contributed by atoms with Gasteiger partial charge in [0.1, 0.15) is 5.56 Å². The lowest BCUT2D eigenvalue weighted by atomic mass is 9.98. The van der Waals surface area contributed by atoms with Crippen LogP contribution in [0.4, 0.5) is 5.69 Å². The summed E-state index contributed by atoms with van der Waals surface area (Å²) in [7, 11) is 1.47. The van der Waals surface area contributed by atoms with Crippen LogP contribution in [0.1, 0.15) is 21.5 Å². The standard InChI is InChI=1S/C17H16Cl2N2O2/c1-23-16-14(19)5-4-13(18)15(16)17(22)21-7-6-10-2-3-12(20)8-11(10)9-21/h2-5,8H,6-7,9,20H2,1H3. The predicted octanol–water partition coefficient (Wildman–Crippen LogP) is 3.78. The summed E-state index contributed by atoms with van der Waals surface area (Å²) >= 11 is 12.3. The molecule has 0 spiro atoms. The molecule has 0 fully saturated rings. The Kier molecular flexibility index (Phi) is 4.37. The maximum Gasteiger partial charge on any atom is 0.259 e. The first-order valence-electron chi connectivity index (χ1n) is 7.20. The van der Waals surface area contributed by atoms with E-state index in [1.54, 1.807) is 17.0 Å². The molecule has 1 amide bonds. The van der Waals surface area contributed by atoms with Crippen LogP contribution in [0, 0.1) is 0 Å². The largest absolute Gasteiger partial charge is 0.494 e. The lowest BCUT2D eigenvalue weighted by Gasteiger charge is -2.30. The summed E-state index contributed by atoms with van der Waals surface area (Å²) in [6, 6.07) is 9.03. The van der Waals surface area contributed by atoms with Gasteiger partial charge in [-0.3, -0.25) is 4.79 Å². The van der Waals surface area contributed by atoms with Gasteiger partial charge in [-0.1, -0.05) is 29.3 Å². The SMILES string of the molecule is COc1c(Cl)ccc(Cl)c1C(=O)N1CCc2ccc(N)cc2C1. The summed E-state index contributed by atoms with van der Waals surface area (Å²) in [5, 5.41) is 0.691. The number of fused-ring (bicyclic) bond motifs is 1. The van der Waals surface area contributed by atoms with Crippen LogP contribution in [0.5, 0.6) is 5.75 Å². The van der Waals surface area contributed by atoms with Gasteiger partial charge in [0.05, 0.1) is 17.2 Å². The average molecular weight is 351 g/mol. The van der Waals surface area contributed by atoms with E-state index in [1.807, 2.05) is 18.2 Å². The summed E-state index contributed by atoms with van der Waals surface area (Å²) in [6.45, 7) is 1.10. The van der Waals surface area contributed by atoms with Crippen LogP contribution < -0.4 is 10.5 Å². The average Bonchev–Trinajstić information content (AvgIpc) is 2.55. The molecule has 2 aromatic rings. The number of methoxy groups -OCH3 is 1. The molecule has 0 aromatic heterocycles. The summed E-state index contributed by atoms with van der Waals surface area (Å²) in [6.07, 6.45) is 0.780. The van der Waals surface area contributed by atoms with E-state index in [1.165, 1.54) is 12.7 Å². The minimum absolute atomic E-state index is 0.192. The number of ether oxygens (including phenoxy) is 1. The first-order valence-corrected chi connectivity index (χ1v) is 7.95. The Bertz CT molecular complexity index is 777. The van der Waals surface area contributed by atoms with Crippen LogP contribution in [-0.4, -0.2) is 24.5 Å². The van der Waals surface area contributed by atoms with E-state index in [0.717, 1.165) is 12.0 Å². The lowest BCUT2D eigenvalue weighted by molar-refractivity contribution is 0.0731. The van der Waals surface area contributed by atoms with Crippen LogP contribution in [-0.2, 0) is 13.0 Å². The number of nitrogens with zero attached hydrogens (tertiary/aromatic N) is 1. The Hall–Kier alpha value is -1.91. The van der Waals surface area contributed by atoms with Gasteiger partial charge >= 0.3 is 0 Å². The third-order valence-corrected chi connectivity index (χ3v) is 4.62.